The highest BCUT2D eigenvalue weighted by Gasteiger charge is 2.27. The molecular weight excluding hydrogens is 78.9 g/mol. The Morgan fingerprint density at radius 1 is 1.80 bits per heavy atom. The molecule has 1 fully saturated rings. The van der Waals surface area contributed by atoms with Gasteiger partial charge in [0.2, 0.25) is 0 Å². The van der Waals surface area contributed by atoms with Crippen LogP contribution in [-0.4, -0.2) is 13.1 Å². The molecule has 28 valence electrons. The highest BCUT2D eigenvalue weighted by molar-refractivity contribution is 7.81. The second kappa shape index (κ2) is 0.936. The Morgan fingerprint density at radius 2 is 2.00 bits per heavy atom. The van der Waals surface area contributed by atoms with Gasteiger partial charge in [-0.15, -0.1) is 0 Å². The fourth-order valence-electron chi connectivity index (χ4n) is 0.302. The zero-order chi connectivity index (χ0) is 3.86. The van der Waals surface area contributed by atoms with Crippen molar-refractivity contribution in [1.29, 1.82) is 0 Å². The van der Waals surface area contributed by atoms with Crippen LogP contribution in [0.5, 0.6) is 0 Å². The van der Waals surface area contributed by atoms with Gasteiger partial charge in [0.1, 0.15) is 7.85 Å². The lowest BCUT2D eigenvalue weighted by Gasteiger charge is -1.65. The van der Waals surface area contributed by atoms with Crippen molar-refractivity contribution in [2.75, 3.05) is 0 Å². The third-order valence-corrected chi connectivity index (χ3v) is 1.79. The van der Waals surface area contributed by atoms with E-state index in [1.165, 1.54) is 6.42 Å². The van der Waals surface area contributed by atoms with Gasteiger partial charge in [0.15, 0.2) is 0 Å². The summed E-state index contributed by atoms with van der Waals surface area (Å²) in [6.45, 7) is 0. The molecule has 2 heteroatoms. The lowest BCUT2D eigenvalue weighted by molar-refractivity contribution is 1.48. The van der Waals surface area contributed by atoms with Crippen molar-refractivity contribution >= 4 is 20.5 Å². The first-order valence-corrected chi connectivity index (χ1v) is 2.50. The molecule has 0 bridgehead atoms. The standard InChI is InChI=1S/C3H7BS/c4-2-1-3(2)5/h2-3,5H,1,4H2. The fraction of sp³-hybridized carbons (Fsp3) is 1.00. The summed E-state index contributed by atoms with van der Waals surface area (Å²) < 4.78 is 0. The Bertz CT molecular complexity index is 40.2. The summed E-state index contributed by atoms with van der Waals surface area (Å²) in [5.41, 5.74) is 0. The summed E-state index contributed by atoms with van der Waals surface area (Å²) in [7, 11) is 2.22. The van der Waals surface area contributed by atoms with Crippen molar-refractivity contribution in [3.63, 3.8) is 0 Å². The van der Waals surface area contributed by atoms with Gasteiger partial charge in [0.05, 0.1) is 0 Å². The van der Waals surface area contributed by atoms with Gasteiger partial charge in [0, 0.05) is 0 Å². The Balaban J connectivity index is 2.20. The largest absolute Gasteiger partial charge is 0.176 e. The van der Waals surface area contributed by atoms with Gasteiger partial charge in [-0.1, -0.05) is 5.82 Å². The van der Waals surface area contributed by atoms with Crippen molar-refractivity contribution in [1.82, 2.24) is 0 Å². The van der Waals surface area contributed by atoms with Crippen LogP contribution in [0, 0.1) is 0 Å². The minimum Gasteiger partial charge on any atom is -0.176 e. The van der Waals surface area contributed by atoms with Crippen LogP contribution in [0.1, 0.15) is 6.42 Å². The van der Waals surface area contributed by atoms with Crippen molar-refractivity contribution in [2.24, 2.45) is 0 Å². The highest BCUT2D eigenvalue weighted by Crippen LogP contribution is 2.38. The molecule has 0 nitrogen and oxygen atoms in total. The first-order chi connectivity index (χ1) is 2.30. The number of thiol groups is 1. The summed E-state index contributed by atoms with van der Waals surface area (Å²) in [5.74, 6) is 0.915. The van der Waals surface area contributed by atoms with E-state index < -0.39 is 0 Å². The molecule has 2 atom stereocenters. The molecule has 0 radical (unpaired) electrons. The maximum atomic E-state index is 4.17. The fourth-order valence-corrected chi connectivity index (χ4v) is 0.635. The minimum atomic E-state index is 0.745. The molecule has 0 heterocycles. The maximum absolute atomic E-state index is 4.17. The SMILES string of the molecule is BC1CC1S. The summed E-state index contributed by atoms with van der Waals surface area (Å²) in [6.07, 6.45) is 1.34. The maximum Gasteiger partial charge on any atom is 0.106 e. The zero-order valence-electron chi connectivity index (χ0n) is 3.31. The number of hydrogen-bond acceptors (Lipinski definition) is 1. The van der Waals surface area contributed by atoms with Crippen molar-refractivity contribution in [3.05, 3.63) is 0 Å². The molecule has 5 heavy (non-hydrogen) atoms. The van der Waals surface area contributed by atoms with Crippen molar-refractivity contribution in [3.8, 4) is 0 Å². The first-order valence-electron chi connectivity index (χ1n) is 1.99. The molecule has 1 aliphatic rings. The normalized spacial score (nSPS) is 49.0. The number of hydrogen-bond donors (Lipinski definition) is 1. The van der Waals surface area contributed by atoms with E-state index in [-0.39, 0.29) is 0 Å². The molecule has 1 aliphatic carbocycles. The molecule has 0 N–H and O–H groups in total. The molecule has 0 aliphatic heterocycles. The van der Waals surface area contributed by atoms with E-state index in [0.29, 0.717) is 0 Å². The summed E-state index contributed by atoms with van der Waals surface area (Å²) >= 11 is 4.17. The van der Waals surface area contributed by atoms with Gasteiger partial charge >= 0.3 is 0 Å². The molecule has 0 aromatic heterocycles. The van der Waals surface area contributed by atoms with E-state index in [4.69, 9.17) is 0 Å². The lowest BCUT2D eigenvalue weighted by Crippen LogP contribution is -1.62. The van der Waals surface area contributed by atoms with E-state index in [0.717, 1.165) is 11.1 Å². The molecule has 0 spiro atoms. The van der Waals surface area contributed by atoms with Gasteiger partial charge in [0.25, 0.3) is 0 Å². The molecular formula is C3H7BS. The first kappa shape index (κ1) is 3.60. The second-order valence-corrected chi connectivity index (χ2v) is 2.44. The minimum absolute atomic E-state index is 0.745. The van der Waals surface area contributed by atoms with E-state index >= 15 is 0 Å². The molecule has 0 aromatic carbocycles. The number of rotatable bonds is 0. The van der Waals surface area contributed by atoms with Crippen LogP contribution in [0.25, 0.3) is 0 Å². The topological polar surface area (TPSA) is 0 Å². The summed E-state index contributed by atoms with van der Waals surface area (Å²) in [5, 5.41) is 0.745. The highest BCUT2D eigenvalue weighted by atomic mass is 32.1. The third-order valence-electron chi connectivity index (χ3n) is 1.07. The third kappa shape index (κ3) is 0.626. The van der Waals surface area contributed by atoms with E-state index in [1.54, 1.807) is 0 Å². The van der Waals surface area contributed by atoms with Crippen LogP contribution in [0.2, 0.25) is 5.82 Å². The Kier molecular flexibility index (Phi) is 0.674. The van der Waals surface area contributed by atoms with Gasteiger partial charge in [-0.25, -0.2) is 0 Å². The Morgan fingerprint density at radius 3 is 2.00 bits per heavy atom. The van der Waals surface area contributed by atoms with Gasteiger partial charge in [-0.05, 0) is 11.7 Å². The van der Waals surface area contributed by atoms with Gasteiger partial charge < -0.3 is 0 Å². The summed E-state index contributed by atoms with van der Waals surface area (Å²) in [4.78, 5) is 0. The van der Waals surface area contributed by atoms with Crippen LogP contribution < -0.4 is 0 Å². The zero-order valence-corrected chi connectivity index (χ0v) is 4.20. The smallest absolute Gasteiger partial charge is 0.106 e. The van der Waals surface area contributed by atoms with E-state index in [2.05, 4.69) is 20.5 Å². The van der Waals surface area contributed by atoms with Crippen LogP contribution in [0.4, 0.5) is 0 Å². The van der Waals surface area contributed by atoms with Crippen LogP contribution in [0.15, 0.2) is 0 Å². The second-order valence-electron chi connectivity index (χ2n) is 1.78. The molecule has 0 aromatic rings. The average molecular weight is 86.0 g/mol. The van der Waals surface area contributed by atoms with Gasteiger partial charge in [-0.2, -0.15) is 12.6 Å². The Hall–Kier alpha value is 0.415. The average Bonchev–Trinajstić information content (AvgIpc) is 1.79. The predicted molar refractivity (Wildman–Crippen MR) is 29.7 cm³/mol. The van der Waals surface area contributed by atoms with Crippen LogP contribution in [-0.2, 0) is 0 Å². The monoisotopic (exact) mass is 86.0 g/mol. The quantitative estimate of drug-likeness (QED) is 0.314. The molecule has 2 unspecified atom stereocenters. The predicted octanol–water partition coefficient (Wildman–Crippen LogP) is 0.110. The van der Waals surface area contributed by atoms with Crippen molar-refractivity contribution < 1.29 is 0 Å². The molecule has 0 saturated heterocycles. The molecule has 0 amide bonds. The molecule has 1 rings (SSSR count). The van der Waals surface area contributed by atoms with Crippen LogP contribution >= 0.6 is 12.6 Å². The summed E-state index contributed by atoms with van der Waals surface area (Å²) in [6, 6.07) is 0. The van der Waals surface area contributed by atoms with Crippen molar-refractivity contribution in [2.45, 2.75) is 17.5 Å². The molecule has 1 saturated carbocycles. The Labute approximate surface area is 38.8 Å². The van der Waals surface area contributed by atoms with E-state index in [9.17, 15) is 0 Å². The van der Waals surface area contributed by atoms with E-state index in [1.807, 2.05) is 0 Å². The van der Waals surface area contributed by atoms with Gasteiger partial charge in [-0.3, -0.25) is 0 Å². The van der Waals surface area contributed by atoms with Crippen LogP contribution in [0.3, 0.4) is 0 Å². The lowest BCUT2D eigenvalue weighted by atomic mass is 10.0.